The molecule has 11 heteroatoms. The van der Waals surface area contributed by atoms with Crippen molar-refractivity contribution in [1.82, 2.24) is 10.2 Å². The van der Waals surface area contributed by atoms with Crippen LogP contribution in [0.2, 0.25) is 0 Å². The maximum atomic E-state index is 13.7. The summed E-state index contributed by atoms with van der Waals surface area (Å²) >= 11 is 0. The minimum atomic E-state index is -4.73. The van der Waals surface area contributed by atoms with E-state index in [1.807, 2.05) is 6.92 Å². The van der Waals surface area contributed by atoms with E-state index in [1.165, 1.54) is 42.2 Å². The van der Waals surface area contributed by atoms with Gasteiger partial charge in [-0.2, -0.15) is 13.2 Å². The van der Waals surface area contributed by atoms with Crippen LogP contribution in [0.4, 0.5) is 18.9 Å². The normalized spacial score (nSPS) is 12.4. The molecule has 0 aromatic heterocycles. The van der Waals surface area contributed by atoms with Crippen molar-refractivity contribution < 1.29 is 31.2 Å². The first-order valence-electron chi connectivity index (χ1n) is 12.3. The minimum absolute atomic E-state index is 0.0117. The predicted molar refractivity (Wildman–Crippen MR) is 142 cm³/mol. The second kappa shape index (κ2) is 12.8. The van der Waals surface area contributed by atoms with Crippen molar-refractivity contribution in [3.63, 3.8) is 0 Å². The second-order valence-corrected chi connectivity index (χ2v) is 10.7. The number of nitrogens with one attached hydrogen (secondary N) is 1. The van der Waals surface area contributed by atoms with Gasteiger partial charge in [0.1, 0.15) is 12.6 Å². The van der Waals surface area contributed by atoms with Gasteiger partial charge in [-0.15, -0.1) is 0 Å². The summed E-state index contributed by atoms with van der Waals surface area (Å²) in [6.45, 7) is 2.94. The highest BCUT2D eigenvalue weighted by atomic mass is 32.2. The Balaban J connectivity index is 2.05. The molecule has 0 saturated heterocycles. The summed E-state index contributed by atoms with van der Waals surface area (Å²) in [5, 5.41) is 2.73. The van der Waals surface area contributed by atoms with E-state index in [9.17, 15) is 31.2 Å². The molecule has 2 amide bonds. The number of hydrogen-bond acceptors (Lipinski definition) is 4. The fourth-order valence-electron chi connectivity index (χ4n) is 3.84. The van der Waals surface area contributed by atoms with Crippen LogP contribution in [0, 0.1) is 0 Å². The first-order chi connectivity index (χ1) is 18.4. The van der Waals surface area contributed by atoms with E-state index in [-0.39, 0.29) is 17.1 Å². The van der Waals surface area contributed by atoms with Crippen molar-refractivity contribution in [2.75, 3.05) is 17.4 Å². The summed E-state index contributed by atoms with van der Waals surface area (Å²) in [4.78, 5) is 27.6. The van der Waals surface area contributed by atoms with Gasteiger partial charge in [0.2, 0.25) is 11.8 Å². The largest absolute Gasteiger partial charge is 0.416 e. The third kappa shape index (κ3) is 7.60. The Labute approximate surface area is 226 Å². The van der Waals surface area contributed by atoms with Gasteiger partial charge in [-0.3, -0.25) is 13.9 Å². The Bertz CT molecular complexity index is 1370. The monoisotopic (exact) mass is 561 g/mol. The number of sulfonamides is 1. The topological polar surface area (TPSA) is 86.8 Å². The molecule has 3 aromatic carbocycles. The van der Waals surface area contributed by atoms with E-state index >= 15 is 0 Å². The molecule has 208 valence electrons. The van der Waals surface area contributed by atoms with Crippen LogP contribution in [0.25, 0.3) is 0 Å². The highest BCUT2D eigenvalue weighted by molar-refractivity contribution is 7.92. The van der Waals surface area contributed by atoms with E-state index < -0.39 is 46.2 Å². The molecule has 0 aliphatic rings. The lowest BCUT2D eigenvalue weighted by Gasteiger charge is -2.32. The molecule has 0 bridgehead atoms. The van der Waals surface area contributed by atoms with Crippen molar-refractivity contribution in [1.29, 1.82) is 0 Å². The van der Waals surface area contributed by atoms with E-state index in [2.05, 4.69) is 5.32 Å². The Morgan fingerprint density at radius 3 is 2.13 bits per heavy atom. The standard InChI is InChI=1S/C28H30F3N3O4S/c1-3-17-32-27(36)21(2)33(19-22-11-6-4-7-12-22)26(35)20-34(39(37,38)25-15-8-5-9-16-25)24-14-10-13-23(18-24)28(29,30)31/h4-16,18,21H,3,17,19-20H2,1-2H3,(H,32,36)/t21-/m1/s1. The molecule has 1 N–H and O–H groups in total. The number of amides is 2. The van der Waals surface area contributed by atoms with Crippen molar-refractivity contribution in [3.8, 4) is 0 Å². The van der Waals surface area contributed by atoms with Gasteiger partial charge in [0.15, 0.2) is 0 Å². The Hall–Kier alpha value is -3.86. The Morgan fingerprint density at radius 2 is 1.54 bits per heavy atom. The van der Waals surface area contributed by atoms with Crippen molar-refractivity contribution in [3.05, 3.63) is 96.1 Å². The predicted octanol–water partition coefficient (Wildman–Crippen LogP) is 4.84. The lowest BCUT2D eigenvalue weighted by Crippen LogP contribution is -2.51. The number of alkyl halides is 3. The fourth-order valence-corrected chi connectivity index (χ4v) is 5.27. The molecule has 0 aliphatic heterocycles. The van der Waals surface area contributed by atoms with Crippen LogP contribution in [0.1, 0.15) is 31.4 Å². The lowest BCUT2D eigenvalue weighted by molar-refractivity contribution is -0.139. The maximum Gasteiger partial charge on any atom is 0.416 e. The molecule has 0 unspecified atom stereocenters. The molecule has 3 rings (SSSR count). The first-order valence-corrected chi connectivity index (χ1v) is 13.7. The zero-order chi connectivity index (χ0) is 28.6. The smallest absolute Gasteiger partial charge is 0.354 e. The van der Waals surface area contributed by atoms with Crippen LogP contribution in [0.3, 0.4) is 0 Å². The summed E-state index contributed by atoms with van der Waals surface area (Å²) in [5.41, 5.74) is -0.698. The van der Waals surface area contributed by atoms with Crippen LogP contribution in [-0.4, -0.2) is 44.3 Å². The molecule has 0 spiro atoms. The highest BCUT2D eigenvalue weighted by Crippen LogP contribution is 2.33. The lowest BCUT2D eigenvalue weighted by atomic mass is 10.1. The number of halogens is 3. The van der Waals surface area contributed by atoms with Crippen LogP contribution in [0.5, 0.6) is 0 Å². The third-order valence-electron chi connectivity index (χ3n) is 5.98. The number of hydrogen-bond donors (Lipinski definition) is 1. The molecular formula is C28H30F3N3O4S. The second-order valence-electron chi connectivity index (χ2n) is 8.85. The van der Waals surface area contributed by atoms with E-state index in [4.69, 9.17) is 0 Å². The average molecular weight is 562 g/mol. The molecule has 3 aromatic rings. The molecular weight excluding hydrogens is 531 g/mol. The van der Waals surface area contributed by atoms with Crippen molar-refractivity contribution >= 4 is 27.5 Å². The first kappa shape index (κ1) is 29.7. The van der Waals surface area contributed by atoms with E-state index in [0.717, 1.165) is 12.1 Å². The molecule has 0 radical (unpaired) electrons. The molecule has 0 fully saturated rings. The quantitative estimate of drug-likeness (QED) is 0.363. The molecule has 7 nitrogen and oxygen atoms in total. The molecule has 0 aliphatic carbocycles. The molecule has 1 atom stereocenters. The zero-order valence-electron chi connectivity index (χ0n) is 21.6. The number of nitrogens with zero attached hydrogens (tertiary/aromatic N) is 2. The number of carbonyl (C=O) groups excluding carboxylic acids is 2. The fraction of sp³-hybridized carbons (Fsp3) is 0.286. The van der Waals surface area contributed by atoms with E-state index in [0.29, 0.717) is 28.9 Å². The Morgan fingerprint density at radius 1 is 0.923 bits per heavy atom. The van der Waals surface area contributed by atoms with Gasteiger partial charge in [0, 0.05) is 13.1 Å². The van der Waals surface area contributed by atoms with Gasteiger partial charge < -0.3 is 10.2 Å². The number of rotatable bonds is 11. The van der Waals surface area contributed by atoms with Gasteiger partial charge in [-0.05, 0) is 49.2 Å². The van der Waals surface area contributed by atoms with Crippen LogP contribution < -0.4 is 9.62 Å². The van der Waals surface area contributed by atoms with Crippen LogP contribution >= 0.6 is 0 Å². The van der Waals surface area contributed by atoms with Crippen LogP contribution in [0.15, 0.2) is 89.8 Å². The molecule has 39 heavy (non-hydrogen) atoms. The van der Waals surface area contributed by atoms with E-state index in [1.54, 1.807) is 36.4 Å². The summed E-state index contributed by atoms with van der Waals surface area (Å²) < 4.78 is 68.4. The highest BCUT2D eigenvalue weighted by Gasteiger charge is 2.35. The minimum Gasteiger partial charge on any atom is -0.354 e. The number of benzene rings is 3. The Kier molecular flexibility index (Phi) is 9.74. The number of anilines is 1. The molecule has 0 heterocycles. The summed E-state index contributed by atoms with van der Waals surface area (Å²) in [7, 11) is -4.46. The van der Waals surface area contributed by atoms with Crippen molar-refractivity contribution in [2.24, 2.45) is 0 Å². The van der Waals surface area contributed by atoms with Crippen molar-refractivity contribution in [2.45, 2.75) is 43.9 Å². The van der Waals surface area contributed by atoms with Gasteiger partial charge in [0.25, 0.3) is 10.0 Å². The maximum absolute atomic E-state index is 13.7. The SMILES string of the molecule is CCCNC(=O)[C@@H](C)N(Cc1ccccc1)C(=O)CN(c1cccc(C(F)(F)F)c1)S(=O)(=O)c1ccccc1. The summed E-state index contributed by atoms with van der Waals surface area (Å²) in [6.07, 6.45) is -4.06. The third-order valence-corrected chi connectivity index (χ3v) is 7.77. The number of carbonyl (C=O) groups is 2. The van der Waals surface area contributed by atoms with Gasteiger partial charge in [-0.25, -0.2) is 8.42 Å². The van der Waals surface area contributed by atoms with Crippen LogP contribution in [-0.2, 0) is 32.3 Å². The van der Waals surface area contributed by atoms with Gasteiger partial charge in [-0.1, -0.05) is 61.5 Å². The molecule has 0 saturated carbocycles. The summed E-state index contributed by atoms with van der Waals surface area (Å²) in [6, 6.07) is 18.7. The van der Waals surface area contributed by atoms with Gasteiger partial charge in [0.05, 0.1) is 16.1 Å². The van der Waals surface area contributed by atoms with Gasteiger partial charge >= 0.3 is 6.18 Å². The zero-order valence-corrected chi connectivity index (χ0v) is 22.4. The average Bonchev–Trinajstić information content (AvgIpc) is 2.93. The summed E-state index contributed by atoms with van der Waals surface area (Å²) in [5.74, 6) is -1.19.